The molecule has 0 radical (unpaired) electrons. The maximum atomic E-state index is 12.1. The first kappa shape index (κ1) is 14.5. The van der Waals surface area contributed by atoms with Crippen LogP contribution in [0.1, 0.15) is 24.1 Å². The number of sulfonamides is 1. The Bertz CT molecular complexity index is 683. The highest BCUT2D eigenvalue weighted by molar-refractivity contribution is 7.91. The van der Waals surface area contributed by atoms with E-state index in [0.29, 0.717) is 0 Å². The van der Waals surface area contributed by atoms with Gasteiger partial charge in [-0.1, -0.05) is 47.2 Å². The van der Waals surface area contributed by atoms with Gasteiger partial charge < -0.3 is 0 Å². The van der Waals surface area contributed by atoms with Crippen molar-refractivity contribution in [3.05, 3.63) is 46.1 Å². The highest BCUT2D eigenvalue weighted by Gasteiger charge is 2.21. The molecule has 2 rings (SSSR count). The predicted octanol–water partition coefficient (Wildman–Crippen LogP) is 3.14. The number of aryl methyl sites for hydroxylation is 1. The summed E-state index contributed by atoms with van der Waals surface area (Å²) in [5, 5.41) is 0. The molecular formula is C12H13ClN2O2S2. The molecule has 1 N–H and O–H groups in total. The van der Waals surface area contributed by atoms with Gasteiger partial charge in [0.15, 0.2) is 8.68 Å². The van der Waals surface area contributed by atoms with Crippen molar-refractivity contribution in [1.82, 2.24) is 9.71 Å². The SMILES string of the molecule is Cc1ccccc1C(C)NS(=O)(=O)c1cnc(Cl)s1. The summed E-state index contributed by atoms with van der Waals surface area (Å²) in [6.07, 6.45) is 1.26. The van der Waals surface area contributed by atoms with Crippen LogP contribution in [0.25, 0.3) is 0 Å². The second-order valence-corrected chi connectivity index (χ2v) is 7.69. The molecule has 0 saturated heterocycles. The predicted molar refractivity (Wildman–Crippen MR) is 77.0 cm³/mol. The van der Waals surface area contributed by atoms with Crippen molar-refractivity contribution in [2.75, 3.05) is 0 Å². The van der Waals surface area contributed by atoms with Crippen LogP contribution in [0.15, 0.2) is 34.7 Å². The van der Waals surface area contributed by atoms with Crippen molar-refractivity contribution in [1.29, 1.82) is 0 Å². The minimum Gasteiger partial charge on any atom is -0.232 e. The number of halogens is 1. The van der Waals surface area contributed by atoms with Crippen molar-refractivity contribution < 1.29 is 8.42 Å². The number of nitrogens with zero attached hydrogens (tertiary/aromatic N) is 1. The van der Waals surface area contributed by atoms with Gasteiger partial charge in [0.05, 0.1) is 6.20 Å². The summed E-state index contributed by atoms with van der Waals surface area (Å²) in [4.78, 5) is 3.75. The van der Waals surface area contributed by atoms with Crippen molar-refractivity contribution in [3.63, 3.8) is 0 Å². The Balaban J connectivity index is 2.24. The van der Waals surface area contributed by atoms with Crippen LogP contribution in [0.4, 0.5) is 0 Å². The summed E-state index contributed by atoms with van der Waals surface area (Å²) < 4.78 is 27.2. The maximum absolute atomic E-state index is 12.1. The van der Waals surface area contributed by atoms with Gasteiger partial charge in [-0.05, 0) is 25.0 Å². The fourth-order valence-corrected chi connectivity index (χ4v) is 4.32. The summed E-state index contributed by atoms with van der Waals surface area (Å²) >= 11 is 6.60. The molecular weight excluding hydrogens is 304 g/mol. The molecule has 7 heteroatoms. The van der Waals surface area contributed by atoms with E-state index < -0.39 is 10.0 Å². The van der Waals surface area contributed by atoms with Crippen LogP contribution < -0.4 is 4.72 Å². The second kappa shape index (κ2) is 5.58. The van der Waals surface area contributed by atoms with Crippen LogP contribution in [-0.2, 0) is 10.0 Å². The van der Waals surface area contributed by atoms with E-state index in [2.05, 4.69) is 9.71 Å². The molecule has 1 aromatic carbocycles. The molecule has 0 aliphatic carbocycles. The van der Waals surface area contributed by atoms with E-state index in [1.165, 1.54) is 6.20 Å². The topological polar surface area (TPSA) is 59.1 Å². The second-order valence-electron chi connectivity index (χ2n) is 4.13. The Morgan fingerprint density at radius 2 is 2.05 bits per heavy atom. The van der Waals surface area contributed by atoms with Crippen LogP contribution in [-0.4, -0.2) is 13.4 Å². The lowest BCUT2D eigenvalue weighted by Gasteiger charge is -2.15. The molecule has 0 bridgehead atoms. The molecule has 19 heavy (non-hydrogen) atoms. The molecule has 2 aromatic rings. The van der Waals surface area contributed by atoms with E-state index in [1.54, 1.807) is 0 Å². The Hall–Kier alpha value is -0.950. The number of hydrogen-bond donors (Lipinski definition) is 1. The minimum absolute atomic E-state index is 0.123. The molecule has 1 atom stereocenters. The molecule has 1 unspecified atom stereocenters. The lowest BCUT2D eigenvalue weighted by Crippen LogP contribution is -2.26. The average Bonchev–Trinajstić information content (AvgIpc) is 2.76. The standard InChI is InChI=1S/C12H13ClN2O2S2/c1-8-5-3-4-6-10(8)9(2)15-19(16,17)11-7-14-12(13)18-11/h3-7,9,15H,1-2H3. The number of thiazole rings is 1. The number of nitrogens with one attached hydrogen (secondary N) is 1. The molecule has 0 fully saturated rings. The maximum Gasteiger partial charge on any atom is 0.252 e. The molecule has 0 aliphatic rings. The van der Waals surface area contributed by atoms with Gasteiger partial charge in [0.25, 0.3) is 10.0 Å². The summed E-state index contributed by atoms with van der Waals surface area (Å²) in [7, 11) is -3.58. The number of rotatable bonds is 4. The first-order valence-corrected chi connectivity index (χ1v) is 8.27. The van der Waals surface area contributed by atoms with E-state index in [0.717, 1.165) is 22.5 Å². The molecule has 0 spiro atoms. The molecule has 1 aromatic heterocycles. The van der Waals surface area contributed by atoms with Gasteiger partial charge >= 0.3 is 0 Å². The summed E-state index contributed by atoms with van der Waals surface area (Å²) in [6, 6.07) is 7.35. The van der Waals surface area contributed by atoms with Crippen LogP contribution >= 0.6 is 22.9 Å². The average molecular weight is 317 g/mol. The molecule has 0 saturated carbocycles. The quantitative estimate of drug-likeness (QED) is 0.942. The molecule has 0 aliphatic heterocycles. The zero-order valence-corrected chi connectivity index (χ0v) is 12.8. The minimum atomic E-state index is -3.58. The van der Waals surface area contributed by atoms with Crippen LogP contribution in [0, 0.1) is 6.92 Å². The van der Waals surface area contributed by atoms with Gasteiger partial charge in [-0.25, -0.2) is 18.1 Å². The highest BCUT2D eigenvalue weighted by Crippen LogP contribution is 2.25. The van der Waals surface area contributed by atoms with Gasteiger partial charge in [-0.2, -0.15) is 0 Å². The van der Waals surface area contributed by atoms with Crippen LogP contribution in [0.2, 0.25) is 4.47 Å². The van der Waals surface area contributed by atoms with E-state index in [-0.39, 0.29) is 14.7 Å². The fraction of sp³-hybridized carbons (Fsp3) is 0.250. The van der Waals surface area contributed by atoms with E-state index in [1.807, 2.05) is 38.1 Å². The van der Waals surface area contributed by atoms with E-state index in [9.17, 15) is 8.42 Å². The smallest absolute Gasteiger partial charge is 0.232 e. The third-order valence-electron chi connectivity index (χ3n) is 2.71. The lowest BCUT2D eigenvalue weighted by molar-refractivity contribution is 0.568. The van der Waals surface area contributed by atoms with Crippen LogP contribution in [0.3, 0.4) is 0 Å². The van der Waals surface area contributed by atoms with E-state index >= 15 is 0 Å². The zero-order valence-electron chi connectivity index (χ0n) is 10.4. The van der Waals surface area contributed by atoms with Crippen molar-refractivity contribution >= 4 is 33.0 Å². The van der Waals surface area contributed by atoms with Gasteiger partial charge in [-0.15, -0.1) is 0 Å². The Labute approximate surface area is 121 Å². The number of aromatic nitrogens is 1. The third-order valence-corrected chi connectivity index (χ3v) is 5.82. The van der Waals surface area contributed by atoms with Crippen molar-refractivity contribution in [2.24, 2.45) is 0 Å². The lowest BCUT2D eigenvalue weighted by atomic mass is 10.0. The zero-order chi connectivity index (χ0) is 14.0. The summed E-state index contributed by atoms with van der Waals surface area (Å²) in [5.74, 6) is 0. The van der Waals surface area contributed by atoms with Crippen LogP contribution in [0.5, 0.6) is 0 Å². The van der Waals surface area contributed by atoms with E-state index in [4.69, 9.17) is 11.6 Å². The van der Waals surface area contributed by atoms with Crippen molar-refractivity contribution in [3.8, 4) is 0 Å². The van der Waals surface area contributed by atoms with Gasteiger partial charge in [0.2, 0.25) is 0 Å². The normalized spacial score (nSPS) is 13.4. The number of hydrogen-bond acceptors (Lipinski definition) is 4. The van der Waals surface area contributed by atoms with Crippen molar-refractivity contribution in [2.45, 2.75) is 24.1 Å². The molecule has 4 nitrogen and oxygen atoms in total. The Kier molecular flexibility index (Phi) is 4.25. The fourth-order valence-electron chi connectivity index (χ4n) is 1.79. The molecule has 0 amide bonds. The van der Waals surface area contributed by atoms with Gasteiger partial charge in [-0.3, -0.25) is 0 Å². The monoisotopic (exact) mass is 316 g/mol. The summed E-state index contributed by atoms with van der Waals surface area (Å²) in [5.41, 5.74) is 1.99. The van der Waals surface area contributed by atoms with Gasteiger partial charge in [0, 0.05) is 6.04 Å². The number of benzene rings is 1. The largest absolute Gasteiger partial charge is 0.252 e. The molecule has 102 valence electrons. The highest BCUT2D eigenvalue weighted by atomic mass is 35.5. The third kappa shape index (κ3) is 3.33. The first-order valence-electron chi connectivity index (χ1n) is 5.59. The Morgan fingerprint density at radius 3 is 2.63 bits per heavy atom. The van der Waals surface area contributed by atoms with Gasteiger partial charge in [0.1, 0.15) is 0 Å². The molecule has 1 heterocycles. The first-order chi connectivity index (χ1) is 8.90. The Morgan fingerprint density at radius 1 is 1.37 bits per heavy atom. The summed E-state index contributed by atoms with van der Waals surface area (Å²) in [6.45, 7) is 3.76.